The number of allylic oxidation sites excluding steroid dienone is 2. The first kappa shape index (κ1) is 11.6. The van der Waals surface area contributed by atoms with Crippen LogP contribution in [0.15, 0.2) is 54.3 Å². The van der Waals surface area contributed by atoms with Gasteiger partial charge >= 0.3 is 0 Å². The monoisotopic (exact) mass is 227 g/mol. The smallest absolute Gasteiger partial charge is 0.163 e. The van der Waals surface area contributed by atoms with E-state index in [1.165, 1.54) is 11.3 Å². The van der Waals surface area contributed by atoms with Gasteiger partial charge in [0.1, 0.15) is 13.6 Å². The number of rotatable bonds is 3. The number of para-hydroxylation sites is 1. The summed E-state index contributed by atoms with van der Waals surface area (Å²) in [5.74, 6) is 0. The number of hydrogen-bond donors (Lipinski definition) is 0. The van der Waals surface area contributed by atoms with Crippen molar-refractivity contribution in [3.63, 3.8) is 0 Å². The van der Waals surface area contributed by atoms with Gasteiger partial charge in [0, 0.05) is 31.4 Å². The lowest BCUT2D eigenvalue weighted by atomic mass is 10.1. The first-order valence-electron chi connectivity index (χ1n) is 5.96. The van der Waals surface area contributed by atoms with Gasteiger partial charge in [0.15, 0.2) is 6.21 Å². The molecular weight excluding hydrogens is 208 g/mol. The van der Waals surface area contributed by atoms with Gasteiger partial charge in [-0.05, 0) is 23.8 Å². The lowest BCUT2D eigenvalue weighted by molar-refractivity contribution is -0.492. The van der Waals surface area contributed by atoms with E-state index in [4.69, 9.17) is 0 Å². The molecule has 1 heterocycles. The SMILES string of the molecule is CN(/C=C/C1=CC=[N+](C)CC1)c1ccccc1. The van der Waals surface area contributed by atoms with Gasteiger partial charge in [0.2, 0.25) is 0 Å². The predicted molar refractivity (Wildman–Crippen MR) is 73.8 cm³/mol. The standard InChI is InChI=1S/C15H19N2/c1-16-11-8-14(9-12-16)10-13-17(2)15-6-4-3-5-7-15/h3-8,10-11,13H,9,12H2,1-2H3/q+1. The van der Waals surface area contributed by atoms with Crippen molar-refractivity contribution < 1.29 is 4.58 Å². The zero-order chi connectivity index (χ0) is 12.1. The molecule has 0 unspecified atom stereocenters. The third kappa shape index (κ3) is 3.31. The summed E-state index contributed by atoms with van der Waals surface area (Å²) in [5, 5.41) is 0. The third-order valence-corrected chi connectivity index (χ3v) is 2.97. The maximum absolute atomic E-state index is 2.21. The second-order valence-corrected chi connectivity index (χ2v) is 4.38. The molecule has 0 amide bonds. The highest BCUT2D eigenvalue weighted by Crippen LogP contribution is 2.13. The van der Waals surface area contributed by atoms with Gasteiger partial charge in [-0.15, -0.1) is 0 Å². The summed E-state index contributed by atoms with van der Waals surface area (Å²) in [5.41, 5.74) is 2.59. The van der Waals surface area contributed by atoms with Crippen molar-refractivity contribution in [2.45, 2.75) is 6.42 Å². The zero-order valence-electron chi connectivity index (χ0n) is 10.5. The molecule has 0 atom stereocenters. The minimum absolute atomic E-state index is 1.10. The van der Waals surface area contributed by atoms with E-state index in [1.807, 2.05) is 6.07 Å². The molecule has 0 spiro atoms. The Morgan fingerprint density at radius 3 is 2.65 bits per heavy atom. The van der Waals surface area contributed by atoms with Gasteiger partial charge in [-0.25, -0.2) is 4.58 Å². The molecule has 0 aromatic heterocycles. The van der Waals surface area contributed by atoms with Crippen molar-refractivity contribution in [3.05, 3.63) is 54.3 Å². The van der Waals surface area contributed by atoms with Crippen LogP contribution in [0.25, 0.3) is 0 Å². The second kappa shape index (κ2) is 5.48. The largest absolute Gasteiger partial charge is 0.351 e. The highest BCUT2D eigenvalue weighted by atomic mass is 15.1. The van der Waals surface area contributed by atoms with E-state index >= 15 is 0 Å². The summed E-state index contributed by atoms with van der Waals surface area (Å²) >= 11 is 0. The number of anilines is 1. The maximum Gasteiger partial charge on any atom is 0.163 e. The Kier molecular flexibility index (Phi) is 3.76. The molecule has 1 aromatic carbocycles. The molecule has 0 bridgehead atoms. The topological polar surface area (TPSA) is 6.25 Å². The van der Waals surface area contributed by atoms with Crippen LogP contribution in [0.1, 0.15) is 6.42 Å². The third-order valence-electron chi connectivity index (χ3n) is 2.97. The van der Waals surface area contributed by atoms with E-state index in [2.05, 4.69) is 72.4 Å². The van der Waals surface area contributed by atoms with E-state index in [-0.39, 0.29) is 0 Å². The van der Waals surface area contributed by atoms with Gasteiger partial charge in [-0.2, -0.15) is 0 Å². The van der Waals surface area contributed by atoms with Crippen LogP contribution in [0.3, 0.4) is 0 Å². The Morgan fingerprint density at radius 2 is 2.00 bits per heavy atom. The summed E-state index contributed by atoms with van der Waals surface area (Å²) in [4.78, 5) is 2.14. The van der Waals surface area contributed by atoms with Crippen LogP contribution in [0.2, 0.25) is 0 Å². The Balaban J connectivity index is 2.02. The summed E-state index contributed by atoms with van der Waals surface area (Å²) in [6.45, 7) is 1.10. The van der Waals surface area contributed by atoms with Crippen molar-refractivity contribution in [1.29, 1.82) is 0 Å². The van der Waals surface area contributed by atoms with Crippen molar-refractivity contribution in [2.75, 3.05) is 25.5 Å². The fourth-order valence-electron chi connectivity index (χ4n) is 1.78. The average molecular weight is 227 g/mol. The van der Waals surface area contributed by atoms with Gasteiger partial charge in [-0.1, -0.05) is 18.2 Å². The molecule has 0 radical (unpaired) electrons. The summed E-state index contributed by atoms with van der Waals surface area (Å²) in [7, 11) is 4.18. The molecule has 0 fully saturated rings. The quantitative estimate of drug-likeness (QED) is 0.720. The molecule has 1 aliphatic heterocycles. The first-order chi connectivity index (χ1) is 8.25. The van der Waals surface area contributed by atoms with Crippen LogP contribution < -0.4 is 4.90 Å². The van der Waals surface area contributed by atoms with Crippen LogP contribution in [-0.4, -0.2) is 31.4 Å². The molecular formula is C15H19N2+. The van der Waals surface area contributed by atoms with E-state index in [1.54, 1.807) is 0 Å². The van der Waals surface area contributed by atoms with E-state index in [0.717, 1.165) is 13.0 Å². The first-order valence-corrected chi connectivity index (χ1v) is 5.96. The lowest BCUT2D eigenvalue weighted by Gasteiger charge is -2.14. The van der Waals surface area contributed by atoms with Crippen molar-refractivity contribution in [2.24, 2.45) is 0 Å². The molecule has 0 aliphatic carbocycles. The minimum Gasteiger partial charge on any atom is -0.351 e. The molecule has 2 rings (SSSR count). The molecule has 17 heavy (non-hydrogen) atoms. The maximum atomic E-state index is 2.21. The summed E-state index contributed by atoms with van der Waals surface area (Å²) < 4.78 is 2.21. The van der Waals surface area contributed by atoms with Gasteiger partial charge in [0.05, 0.1) is 0 Å². The Labute approximate surface area is 103 Å². The number of nitrogens with zero attached hydrogens (tertiary/aromatic N) is 2. The molecule has 1 aromatic rings. The summed E-state index contributed by atoms with van der Waals surface area (Å²) in [6, 6.07) is 10.4. The normalized spacial score (nSPS) is 15.6. The highest BCUT2D eigenvalue weighted by molar-refractivity contribution is 5.69. The van der Waals surface area contributed by atoms with Crippen LogP contribution in [0, 0.1) is 0 Å². The van der Waals surface area contributed by atoms with E-state index in [0.29, 0.717) is 0 Å². The molecule has 2 nitrogen and oxygen atoms in total. The summed E-state index contributed by atoms with van der Waals surface area (Å²) in [6.07, 6.45) is 9.74. The molecule has 88 valence electrons. The molecule has 2 heteroatoms. The van der Waals surface area contributed by atoms with E-state index < -0.39 is 0 Å². The molecule has 0 N–H and O–H groups in total. The van der Waals surface area contributed by atoms with Crippen LogP contribution in [-0.2, 0) is 0 Å². The van der Waals surface area contributed by atoms with Gasteiger partial charge in [0.25, 0.3) is 0 Å². The number of hydrogen-bond acceptors (Lipinski definition) is 1. The van der Waals surface area contributed by atoms with Crippen molar-refractivity contribution >= 4 is 11.9 Å². The number of benzene rings is 1. The predicted octanol–water partition coefficient (Wildman–Crippen LogP) is 2.68. The van der Waals surface area contributed by atoms with E-state index in [9.17, 15) is 0 Å². The molecule has 1 aliphatic rings. The fraction of sp³-hybridized carbons (Fsp3) is 0.267. The second-order valence-electron chi connectivity index (χ2n) is 4.38. The van der Waals surface area contributed by atoms with Gasteiger partial charge < -0.3 is 4.90 Å². The molecule has 0 saturated carbocycles. The highest BCUT2D eigenvalue weighted by Gasteiger charge is 2.04. The molecule has 0 saturated heterocycles. The lowest BCUT2D eigenvalue weighted by Crippen LogP contribution is -2.13. The van der Waals surface area contributed by atoms with Crippen LogP contribution in [0.4, 0.5) is 5.69 Å². The van der Waals surface area contributed by atoms with Crippen molar-refractivity contribution in [1.82, 2.24) is 0 Å². The average Bonchev–Trinajstić information content (AvgIpc) is 2.39. The Bertz CT molecular complexity index is 455. The van der Waals surface area contributed by atoms with Crippen molar-refractivity contribution in [3.8, 4) is 0 Å². The van der Waals surface area contributed by atoms with Gasteiger partial charge in [-0.3, -0.25) is 0 Å². The Hall–Kier alpha value is -1.83. The van der Waals surface area contributed by atoms with Crippen LogP contribution in [0.5, 0.6) is 0 Å². The Morgan fingerprint density at radius 1 is 1.24 bits per heavy atom. The fourth-order valence-corrected chi connectivity index (χ4v) is 1.78. The van der Waals surface area contributed by atoms with Crippen LogP contribution >= 0.6 is 0 Å². The minimum atomic E-state index is 1.10. The zero-order valence-corrected chi connectivity index (χ0v) is 10.5.